The van der Waals surface area contributed by atoms with E-state index in [0.29, 0.717) is 5.76 Å². The van der Waals surface area contributed by atoms with E-state index in [-0.39, 0.29) is 27.9 Å². The Kier molecular flexibility index (Phi) is 4.03. The third-order valence-electron chi connectivity index (χ3n) is 2.61. The van der Waals surface area contributed by atoms with Crippen LogP contribution in [0, 0.1) is 12.7 Å². The van der Waals surface area contributed by atoms with E-state index in [2.05, 4.69) is 4.72 Å². The first kappa shape index (κ1) is 14.8. The van der Waals surface area contributed by atoms with Crippen LogP contribution < -0.4 is 10.5 Å². The van der Waals surface area contributed by atoms with Gasteiger partial charge in [-0.05, 0) is 19.1 Å². The predicted octanol–water partition coefficient (Wildman–Crippen LogP) is 2.64. The molecule has 1 aromatic heterocycles. The summed E-state index contributed by atoms with van der Waals surface area (Å²) in [6, 6.07) is 5.35. The van der Waals surface area contributed by atoms with Gasteiger partial charge in [0.1, 0.15) is 16.4 Å². The minimum Gasteiger partial charge on any atom is -0.464 e. The number of hydrogen-bond donors (Lipinski definition) is 2. The maximum absolute atomic E-state index is 13.7. The van der Waals surface area contributed by atoms with E-state index in [9.17, 15) is 12.8 Å². The molecule has 0 radical (unpaired) electrons. The summed E-state index contributed by atoms with van der Waals surface area (Å²) in [7, 11) is -3.97. The van der Waals surface area contributed by atoms with E-state index in [1.54, 1.807) is 0 Å². The number of hydrogen-bond acceptors (Lipinski definition) is 4. The third-order valence-corrected chi connectivity index (χ3v) is 4.37. The molecule has 1 aromatic carbocycles. The molecular weight excluding hydrogens is 307 g/mol. The van der Waals surface area contributed by atoms with Crippen LogP contribution in [-0.2, 0) is 16.6 Å². The Balaban J connectivity index is 2.40. The number of halogens is 2. The zero-order valence-corrected chi connectivity index (χ0v) is 12.1. The molecule has 8 heteroatoms. The molecule has 0 bridgehead atoms. The van der Waals surface area contributed by atoms with Gasteiger partial charge in [-0.15, -0.1) is 0 Å². The van der Waals surface area contributed by atoms with Gasteiger partial charge in [-0.2, -0.15) is 0 Å². The number of aryl methyl sites for hydroxylation is 1. The molecule has 0 unspecified atom stereocenters. The molecule has 3 N–H and O–H groups in total. The van der Waals surface area contributed by atoms with E-state index < -0.39 is 15.8 Å². The van der Waals surface area contributed by atoms with Gasteiger partial charge >= 0.3 is 0 Å². The zero-order valence-electron chi connectivity index (χ0n) is 10.5. The maximum atomic E-state index is 13.7. The van der Waals surface area contributed by atoms with Gasteiger partial charge in [-0.1, -0.05) is 17.7 Å². The first-order valence-electron chi connectivity index (χ1n) is 5.61. The van der Waals surface area contributed by atoms with Crippen LogP contribution in [0.4, 0.5) is 10.1 Å². The van der Waals surface area contributed by atoms with Crippen molar-refractivity contribution in [3.05, 3.63) is 46.6 Å². The van der Waals surface area contributed by atoms with Crippen LogP contribution in [0.15, 0.2) is 33.6 Å². The van der Waals surface area contributed by atoms with Crippen molar-refractivity contribution >= 4 is 27.3 Å². The highest BCUT2D eigenvalue weighted by atomic mass is 35.5. The number of nitrogens with one attached hydrogen (secondary N) is 1. The van der Waals surface area contributed by atoms with Crippen molar-refractivity contribution < 1.29 is 17.2 Å². The molecule has 0 atom stereocenters. The minimum absolute atomic E-state index is 0.0713. The van der Waals surface area contributed by atoms with Crippen molar-refractivity contribution in [3.63, 3.8) is 0 Å². The summed E-state index contributed by atoms with van der Waals surface area (Å²) in [4.78, 5) is -0.0858. The fourth-order valence-corrected chi connectivity index (χ4v) is 3.11. The molecule has 2 rings (SSSR count). The lowest BCUT2D eigenvalue weighted by atomic mass is 10.3. The number of nitrogens with two attached hydrogens (primary N) is 1. The van der Waals surface area contributed by atoms with Crippen molar-refractivity contribution in [3.8, 4) is 0 Å². The summed E-state index contributed by atoms with van der Waals surface area (Å²) in [6.45, 7) is 1.56. The predicted molar refractivity (Wildman–Crippen MR) is 73.6 cm³/mol. The number of benzene rings is 1. The summed E-state index contributed by atoms with van der Waals surface area (Å²) in [6.07, 6.45) is 0. The van der Waals surface area contributed by atoms with E-state index in [1.807, 2.05) is 0 Å². The molecule has 20 heavy (non-hydrogen) atoms. The largest absolute Gasteiger partial charge is 0.464 e. The Morgan fingerprint density at radius 3 is 2.75 bits per heavy atom. The Labute approximate surface area is 120 Å². The highest BCUT2D eigenvalue weighted by Crippen LogP contribution is 2.26. The summed E-state index contributed by atoms with van der Waals surface area (Å²) in [5.74, 6) is -0.326. The van der Waals surface area contributed by atoms with Gasteiger partial charge in [-0.25, -0.2) is 12.8 Å². The van der Waals surface area contributed by atoms with Crippen LogP contribution in [0.25, 0.3) is 0 Å². The first-order chi connectivity index (χ1) is 9.35. The molecule has 1 heterocycles. The van der Waals surface area contributed by atoms with Crippen LogP contribution >= 0.6 is 11.6 Å². The molecule has 0 aliphatic carbocycles. The van der Waals surface area contributed by atoms with Crippen molar-refractivity contribution in [2.45, 2.75) is 18.4 Å². The summed E-state index contributed by atoms with van der Waals surface area (Å²) >= 11 is 5.60. The van der Waals surface area contributed by atoms with E-state index in [0.717, 1.165) is 0 Å². The highest BCUT2D eigenvalue weighted by molar-refractivity contribution is 7.92. The van der Waals surface area contributed by atoms with Crippen molar-refractivity contribution in [2.75, 3.05) is 4.72 Å². The maximum Gasteiger partial charge on any atom is 0.265 e. The van der Waals surface area contributed by atoms with Gasteiger partial charge in [0.05, 0.1) is 17.3 Å². The molecule has 2 aromatic rings. The topological polar surface area (TPSA) is 85.3 Å². The Morgan fingerprint density at radius 2 is 2.15 bits per heavy atom. The molecule has 5 nitrogen and oxygen atoms in total. The Bertz CT molecular complexity index is 743. The Morgan fingerprint density at radius 1 is 1.45 bits per heavy atom. The van der Waals surface area contributed by atoms with E-state index in [4.69, 9.17) is 21.8 Å². The summed E-state index contributed by atoms with van der Waals surface area (Å²) in [5, 5.41) is -0.170. The molecule has 108 valence electrons. The van der Waals surface area contributed by atoms with Gasteiger partial charge in [0.2, 0.25) is 0 Å². The second-order valence-electron chi connectivity index (χ2n) is 4.04. The van der Waals surface area contributed by atoms with Gasteiger partial charge in [-0.3, -0.25) is 4.72 Å². The second-order valence-corrected chi connectivity index (χ2v) is 6.10. The van der Waals surface area contributed by atoms with Crippen LogP contribution in [0.3, 0.4) is 0 Å². The summed E-state index contributed by atoms with van der Waals surface area (Å²) < 4.78 is 45.4. The summed E-state index contributed by atoms with van der Waals surface area (Å²) in [5.41, 5.74) is 5.16. The first-order valence-corrected chi connectivity index (χ1v) is 7.47. The standard InChI is InChI=1S/C12H12ClFN2O3S/c1-7-11(5-8(6-15)19-7)20(17,18)16-10-4-2-3-9(13)12(10)14/h2-5,16H,6,15H2,1H3. The molecule has 0 aliphatic heterocycles. The van der Waals surface area contributed by atoms with E-state index in [1.165, 1.54) is 31.2 Å². The smallest absolute Gasteiger partial charge is 0.265 e. The highest BCUT2D eigenvalue weighted by Gasteiger charge is 2.22. The van der Waals surface area contributed by atoms with Gasteiger partial charge < -0.3 is 10.2 Å². The molecule has 0 fully saturated rings. The number of anilines is 1. The lowest BCUT2D eigenvalue weighted by molar-refractivity contribution is 0.479. The van der Waals surface area contributed by atoms with E-state index >= 15 is 0 Å². The Hall–Kier alpha value is -1.57. The van der Waals surface area contributed by atoms with Crippen LogP contribution in [0.5, 0.6) is 0 Å². The number of rotatable bonds is 4. The molecular formula is C12H12ClFN2O3S. The number of sulfonamides is 1. The minimum atomic E-state index is -3.97. The molecule has 0 amide bonds. The van der Waals surface area contributed by atoms with Crippen LogP contribution in [0.2, 0.25) is 5.02 Å². The average molecular weight is 319 g/mol. The molecule has 0 saturated carbocycles. The lowest BCUT2D eigenvalue weighted by Gasteiger charge is -2.08. The second kappa shape index (κ2) is 5.43. The monoisotopic (exact) mass is 318 g/mol. The van der Waals surface area contributed by atoms with Crippen molar-refractivity contribution in [1.29, 1.82) is 0 Å². The fraction of sp³-hybridized carbons (Fsp3) is 0.167. The quantitative estimate of drug-likeness (QED) is 0.907. The van der Waals surface area contributed by atoms with Gasteiger partial charge in [0.15, 0.2) is 5.82 Å². The average Bonchev–Trinajstić information content (AvgIpc) is 2.77. The van der Waals surface area contributed by atoms with Crippen molar-refractivity contribution in [1.82, 2.24) is 0 Å². The van der Waals surface area contributed by atoms with Crippen LogP contribution in [-0.4, -0.2) is 8.42 Å². The normalized spacial score (nSPS) is 11.6. The molecule has 0 saturated heterocycles. The molecule has 0 spiro atoms. The number of furan rings is 1. The third kappa shape index (κ3) is 2.79. The SMILES string of the molecule is Cc1oc(CN)cc1S(=O)(=O)Nc1cccc(Cl)c1F. The van der Waals surface area contributed by atoms with Crippen LogP contribution in [0.1, 0.15) is 11.5 Å². The van der Waals surface area contributed by atoms with Gasteiger partial charge in [0.25, 0.3) is 10.0 Å². The van der Waals surface area contributed by atoms with Gasteiger partial charge in [0, 0.05) is 6.07 Å². The van der Waals surface area contributed by atoms with Crippen molar-refractivity contribution in [2.24, 2.45) is 5.73 Å². The fourth-order valence-electron chi connectivity index (χ4n) is 1.67. The zero-order chi connectivity index (χ0) is 14.9. The molecule has 0 aliphatic rings. The lowest BCUT2D eigenvalue weighted by Crippen LogP contribution is -2.14.